The van der Waals surface area contributed by atoms with Crippen LogP contribution < -0.4 is 0 Å². The average Bonchev–Trinajstić information content (AvgIpc) is 2.34. The highest BCUT2D eigenvalue weighted by Crippen LogP contribution is 2.37. The largest absolute Gasteiger partial charge is 0.481 e. The molecule has 0 rings (SSSR count). The fourth-order valence-electron chi connectivity index (χ4n) is 1.31. The van der Waals surface area contributed by atoms with Crippen LogP contribution in [0.5, 0.6) is 0 Å². The fourth-order valence-corrected chi connectivity index (χ4v) is 2.42. The van der Waals surface area contributed by atoms with E-state index in [2.05, 4.69) is 43.6 Å². The maximum atomic E-state index is 11.3. The molecule has 6 nitrogen and oxygen atoms in total. The number of methoxy groups -OCH3 is 1. The zero-order chi connectivity index (χ0) is 16.8. The molecule has 0 aliphatic heterocycles. The number of rotatable bonds is 6. The Bertz CT molecular complexity index is 401. The zero-order valence-corrected chi connectivity index (χ0v) is 15.0. The number of aliphatic carboxylic acids is 1. The lowest BCUT2D eigenvalue weighted by atomic mass is 9.96. The quantitative estimate of drug-likeness (QED) is 0.600. The molecule has 7 heteroatoms. The average molecular weight is 317 g/mol. The summed E-state index contributed by atoms with van der Waals surface area (Å²) in [5, 5.41) is 9.29. The Balaban J connectivity index is 4.79. The lowest BCUT2D eigenvalue weighted by Crippen LogP contribution is -2.42. The van der Waals surface area contributed by atoms with Crippen LogP contribution in [0.25, 0.3) is 0 Å². The number of carboxylic acids is 1. The molecule has 0 aliphatic rings. The Morgan fingerprint density at radius 1 is 1.33 bits per heavy atom. The number of ether oxygens (including phenoxy) is 1. The predicted octanol–water partition coefficient (Wildman–Crippen LogP) is 3.18. The minimum absolute atomic E-state index is 0.0611. The Labute approximate surface area is 127 Å². The van der Waals surface area contributed by atoms with Gasteiger partial charge in [0.15, 0.2) is 8.32 Å². The molecule has 1 N–H and O–H groups in total. The first-order valence-corrected chi connectivity index (χ1v) is 9.82. The van der Waals surface area contributed by atoms with Crippen molar-refractivity contribution in [3.63, 3.8) is 0 Å². The number of carbonyl (C=O) groups excluding carboxylic acids is 1. The molecule has 0 radical (unpaired) electrons. The summed E-state index contributed by atoms with van der Waals surface area (Å²) in [6.07, 6.45) is 0.312. The summed E-state index contributed by atoms with van der Waals surface area (Å²) in [5.41, 5.74) is 0. The van der Waals surface area contributed by atoms with Crippen LogP contribution in [0.15, 0.2) is 4.99 Å². The minimum Gasteiger partial charge on any atom is -0.481 e. The molecule has 0 spiro atoms. The molecule has 0 aromatic rings. The Morgan fingerprint density at radius 3 is 2.24 bits per heavy atom. The molecule has 0 heterocycles. The van der Waals surface area contributed by atoms with E-state index in [-0.39, 0.29) is 11.0 Å². The van der Waals surface area contributed by atoms with Crippen LogP contribution in [0.4, 0.5) is 4.79 Å². The van der Waals surface area contributed by atoms with Crippen LogP contribution in [0.1, 0.15) is 27.7 Å². The van der Waals surface area contributed by atoms with Gasteiger partial charge in [-0.05, 0) is 24.1 Å². The number of carboxylic acid groups (broad SMARTS) is 1. The van der Waals surface area contributed by atoms with Crippen LogP contribution in [-0.4, -0.2) is 45.4 Å². The van der Waals surface area contributed by atoms with Crippen molar-refractivity contribution in [3.8, 4) is 0 Å². The molecular formula is C14H27NO5Si. The van der Waals surface area contributed by atoms with Crippen molar-refractivity contribution in [2.45, 2.75) is 45.8 Å². The van der Waals surface area contributed by atoms with Crippen LogP contribution >= 0.6 is 0 Å². The molecule has 0 aromatic carbocycles. The molecule has 122 valence electrons. The van der Waals surface area contributed by atoms with E-state index in [9.17, 15) is 14.7 Å². The molecule has 0 fully saturated rings. The van der Waals surface area contributed by atoms with Gasteiger partial charge in [0.25, 0.3) is 0 Å². The van der Waals surface area contributed by atoms with Crippen molar-refractivity contribution in [1.82, 2.24) is 0 Å². The molecule has 21 heavy (non-hydrogen) atoms. The number of amides is 1. The zero-order valence-electron chi connectivity index (χ0n) is 14.0. The second kappa shape index (κ2) is 7.70. The summed E-state index contributed by atoms with van der Waals surface area (Å²) in [6, 6.07) is 0. The van der Waals surface area contributed by atoms with Gasteiger partial charge in [-0.25, -0.2) is 4.79 Å². The van der Waals surface area contributed by atoms with E-state index in [4.69, 9.17) is 4.43 Å². The smallest absolute Gasteiger partial charge is 0.432 e. The van der Waals surface area contributed by atoms with Gasteiger partial charge < -0.3 is 14.3 Å². The van der Waals surface area contributed by atoms with E-state index in [1.54, 1.807) is 6.92 Å². The van der Waals surface area contributed by atoms with Gasteiger partial charge in [-0.3, -0.25) is 4.79 Å². The van der Waals surface area contributed by atoms with Gasteiger partial charge in [0, 0.05) is 12.8 Å². The normalized spacial score (nSPS) is 15.8. The van der Waals surface area contributed by atoms with E-state index in [0.29, 0.717) is 6.61 Å². The second-order valence-electron chi connectivity index (χ2n) is 6.66. The molecule has 2 unspecified atom stereocenters. The first kappa shape index (κ1) is 19.8. The monoisotopic (exact) mass is 317 g/mol. The van der Waals surface area contributed by atoms with Crippen molar-refractivity contribution in [2.24, 2.45) is 16.8 Å². The Kier molecular flexibility index (Phi) is 7.25. The van der Waals surface area contributed by atoms with Gasteiger partial charge in [0.2, 0.25) is 0 Å². The van der Waals surface area contributed by atoms with Crippen molar-refractivity contribution in [1.29, 1.82) is 0 Å². The van der Waals surface area contributed by atoms with Crippen LogP contribution in [0.3, 0.4) is 0 Å². The fraction of sp³-hybridized carbons (Fsp3) is 0.786. The molecular weight excluding hydrogens is 290 g/mol. The SMILES string of the molecule is COC(=O)N=CC(C(=O)O)C(C)CO[Si](C)(C)C(C)(C)C. The third kappa shape index (κ3) is 6.39. The molecule has 0 saturated carbocycles. The van der Waals surface area contributed by atoms with Gasteiger partial charge >= 0.3 is 12.1 Å². The molecule has 0 aliphatic carbocycles. The number of carbonyl (C=O) groups is 2. The number of hydrogen-bond acceptors (Lipinski definition) is 4. The summed E-state index contributed by atoms with van der Waals surface area (Å²) in [4.78, 5) is 25.7. The van der Waals surface area contributed by atoms with E-state index >= 15 is 0 Å². The molecule has 0 bridgehead atoms. The highest BCUT2D eigenvalue weighted by Gasteiger charge is 2.38. The van der Waals surface area contributed by atoms with E-state index in [1.807, 2.05) is 0 Å². The first-order valence-electron chi connectivity index (χ1n) is 6.91. The van der Waals surface area contributed by atoms with Crippen molar-refractivity contribution in [2.75, 3.05) is 13.7 Å². The lowest BCUT2D eigenvalue weighted by molar-refractivity contribution is -0.140. The highest BCUT2D eigenvalue weighted by atomic mass is 28.4. The maximum absolute atomic E-state index is 11.3. The van der Waals surface area contributed by atoms with Gasteiger partial charge in [-0.15, -0.1) is 0 Å². The van der Waals surface area contributed by atoms with Crippen LogP contribution in [-0.2, 0) is 14.0 Å². The van der Waals surface area contributed by atoms with Gasteiger partial charge in [-0.2, -0.15) is 4.99 Å². The van der Waals surface area contributed by atoms with E-state index in [1.165, 1.54) is 7.11 Å². The number of aliphatic imine (C=N–C) groups is 1. The molecule has 1 amide bonds. The number of nitrogens with zero attached hydrogens (tertiary/aromatic N) is 1. The second-order valence-corrected chi connectivity index (χ2v) is 11.5. The van der Waals surface area contributed by atoms with E-state index < -0.39 is 26.3 Å². The van der Waals surface area contributed by atoms with Crippen molar-refractivity contribution in [3.05, 3.63) is 0 Å². The first-order chi connectivity index (χ1) is 9.42. The van der Waals surface area contributed by atoms with Crippen LogP contribution in [0.2, 0.25) is 18.1 Å². The topological polar surface area (TPSA) is 85.2 Å². The molecule has 0 aromatic heterocycles. The summed E-state index contributed by atoms with van der Waals surface area (Å²) in [6.45, 7) is 12.7. The maximum Gasteiger partial charge on any atom is 0.432 e. The van der Waals surface area contributed by atoms with Gasteiger partial charge in [0.05, 0.1) is 13.0 Å². The van der Waals surface area contributed by atoms with Gasteiger partial charge in [-0.1, -0.05) is 27.7 Å². The highest BCUT2D eigenvalue weighted by molar-refractivity contribution is 6.74. The summed E-state index contributed by atoms with van der Waals surface area (Å²) >= 11 is 0. The van der Waals surface area contributed by atoms with Crippen molar-refractivity contribution < 1.29 is 23.9 Å². The summed E-state index contributed by atoms with van der Waals surface area (Å²) in [7, 11) is -0.735. The van der Waals surface area contributed by atoms with E-state index in [0.717, 1.165) is 6.21 Å². The standard InChI is InChI=1S/C14H27NO5Si/c1-10(9-20-21(6,7)14(2,3)4)11(12(16)17)8-15-13(18)19-5/h8,10-11H,9H2,1-7H3,(H,16,17). The Hall–Kier alpha value is -1.21. The third-order valence-corrected chi connectivity index (χ3v) is 8.43. The van der Waals surface area contributed by atoms with Crippen LogP contribution in [0, 0.1) is 11.8 Å². The summed E-state index contributed by atoms with van der Waals surface area (Å²) in [5.74, 6) is -2.20. The Morgan fingerprint density at radius 2 is 1.86 bits per heavy atom. The minimum atomic E-state index is -1.93. The summed E-state index contributed by atoms with van der Waals surface area (Å²) < 4.78 is 10.4. The lowest BCUT2D eigenvalue weighted by Gasteiger charge is -2.37. The molecule has 0 saturated heterocycles. The van der Waals surface area contributed by atoms with Crippen molar-refractivity contribution >= 4 is 26.6 Å². The van der Waals surface area contributed by atoms with Gasteiger partial charge in [0.1, 0.15) is 0 Å². The predicted molar refractivity (Wildman–Crippen MR) is 84.3 cm³/mol. The molecule has 2 atom stereocenters. The third-order valence-electron chi connectivity index (χ3n) is 3.93. The number of hydrogen-bond donors (Lipinski definition) is 1.